The van der Waals surface area contributed by atoms with Crippen LogP contribution in [0.25, 0.3) is 88.6 Å². The minimum Gasteiger partial charge on any atom is -0.354 e. The number of nitrogens with one attached hydrogen (secondary N) is 1. The van der Waals surface area contributed by atoms with Gasteiger partial charge in [0.05, 0.1) is 16.3 Å². The van der Waals surface area contributed by atoms with Gasteiger partial charge in [0.15, 0.2) is 0 Å². The highest BCUT2D eigenvalue weighted by Crippen LogP contribution is 2.66. The summed E-state index contributed by atoms with van der Waals surface area (Å²) in [6.45, 7) is 0. The number of aromatic nitrogens is 1. The third-order valence-electron chi connectivity index (χ3n) is 16.1. The van der Waals surface area contributed by atoms with Crippen LogP contribution in [-0.4, -0.2) is 4.98 Å². The van der Waals surface area contributed by atoms with Gasteiger partial charge in [0.1, 0.15) is 0 Å². The van der Waals surface area contributed by atoms with Gasteiger partial charge in [0, 0.05) is 21.9 Å². The molecular formula is C63H37N. The monoisotopic (exact) mass is 807 g/mol. The lowest BCUT2D eigenvalue weighted by molar-refractivity contribution is 0.793. The molecule has 0 atom stereocenters. The van der Waals surface area contributed by atoms with Gasteiger partial charge in [-0.3, -0.25) is 0 Å². The number of rotatable bonds is 1. The summed E-state index contributed by atoms with van der Waals surface area (Å²) in [5.41, 5.74) is 31.7. The molecule has 0 fully saturated rings. The van der Waals surface area contributed by atoms with Gasteiger partial charge in [-0.15, -0.1) is 0 Å². The molecule has 1 heteroatoms. The van der Waals surface area contributed by atoms with Crippen molar-refractivity contribution in [2.75, 3.05) is 0 Å². The molecule has 0 bridgehead atoms. The van der Waals surface area contributed by atoms with Crippen molar-refractivity contribution in [1.29, 1.82) is 0 Å². The van der Waals surface area contributed by atoms with Crippen molar-refractivity contribution < 1.29 is 0 Å². The van der Waals surface area contributed by atoms with E-state index in [1.54, 1.807) is 0 Å². The number of hydrogen-bond donors (Lipinski definition) is 1. The summed E-state index contributed by atoms with van der Waals surface area (Å²) in [5, 5.41) is 2.53. The molecule has 1 heterocycles. The lowest BCUT2D eigenvalue weighted by Gasteiger charge is -2.30. The Morgan fingerprint density at radius 3 is 1.34 bits per heavy atom. The summed E-state index contributed by atoms with van der Waals surface area (Å²) >= 11 is 0. The Morgan fingerprint density at radius 1 is 0.312 bits per heavy atom. The molecule has 11 aromatic rings. The van der Waals surface area contributed by atoms with Crippen LogP contribution in [0.1, 0.15) is 55.6 Å². The molecule has 64 heavy (non-hydrogen) atoms. The average molecular weight is 808 g/mol. The summed E-state index contributed by atoms with van der Waals surface area (Å²) < 4.78 is 0. The van der Waals surface area contributed by atoms with Crippen LogP contribution in [0, 0.1) is 0 Å². The van der Waals surface area contributed by atoms with E-state index in [9.17, 15) is 0 Å². The summed E-state index contributed by atoms with van der Waals surface area (Å²) in [5.74, 6) is 0. The Balaban J connectivity index is 0.854. The van der Waals surface area contributed by atoms with Crippen LogP contribution in [0.3, 0.4) is 0 Å². The zero-order valence-corrected chi connectivity index (χ0v) is 34.8. The molecule has 294 valence electrons. The van der Waals surface area contributed by atoms with E-state index >= 15 is 0 Å². The predicted molar refractivity (Wildman–Crippen MR) is 262 cm³/mol. The normalized spacial score (nSPS) is 15.1. The minimum absolute atomic E-state index is 0.322. The molecule has 0 unspecified atom stereocenters. The molecule has 0 amide bonds. The quantitative estimate of drug-likeness (QED) is 0.170. The van der Waals surface area contributed by atoms with E-state index in [2.05, 4.69) is 211 Å². The number of hydrogen-bond acceptors (Lipinski definition) is 0. The first-order valence-corrected chi connectivity index (χ1v) is 22.7. The van der Waals surface area contributed by atoms with Gasteiger partial charge >= 0.3 is 0 Å². The fraction of sp³-hybridized carbons (Fsp3) is 0.0476. The van der Waals surface area contributed by atoms with E-state index in [0.717, 1.165) is 6.42 Å². The lowest BCUT2D eigenvalue weighted by atomic mass is 9.70. The first kappa shape index (κ1) is 33.6. The topological polar surface area (TPSA) is 15.8 Å². The zero-order valence-electron chi connectivity index (χ0n) is 34.8. The number of fused-ring (bicyclic) bond motifs is 28. The van der Waals surface area contributed by atoms with Crippen molar-refractivity contribution in [2.45, 2.75) is 17.3 Å². The SMILES string of the molecule is c1ccc2c(c1)-c1ccccc1C21c2ccccc2-c2c1ccc1c2Cc2ccc(-c3ccc4[nH]c5c6c(ccc5c4c3)C3(c4ccccc4-c4ccccc43)c3ccccc3-6)cc2-1. The van der Waals surface area contributed by atoms with E-state index < -0.39 is 0 Å². The van der Waals surface area contributed by atoms with Crippen molar-refractivity contribution >= 4 is 21.8 Å². The summed E-state index contributed by atoms with van der Waals surface area (Å²) in [4.78, 5) is 3.97. The van der Waals surface area contributed by atoms with Crippen molar-refractivity contribution in [2.24, 2.45) is 0 Å². The number of H-pyrrole nitrogens is 1. The van der Waals surface area contributed by atoms with Crippen LogP contribution in [0.2, 0.25) is 0 Å². The third-order valence-corrected chi connectivity index (χ3v) is 16.1. The van der Waals surface area contributed by atoms with Crippen molar-refractivity contribution in [3.05, 3.63) is 262 Å². The van der Waals surface area contributed by atoms with Crippen LogP contribution >= 0.6 is 0 Å². The van der Waals surface area contributed by atoms with Gasteiger partial charge in [0.25, 0.3) is 0 Å². The van der Waals surface area contributed by atoms with Crippen LogP contribution in [0.5, 0.6) is 0 Å². The maximum atomic E-state index is 3.97. The standard InChI is InChI=1S/C63H37N/c1-7-19-50-40(13-1)41-14-2-8-20-51(41)62(50)54-23-11-5-17-45(54)59-49-35-38-26-25-36(33-47(38)39(49)28-30-56(59)62)37-27-32-58-48(34-37)44-29-31-57-60(61(44)64-58)46-18-6-12-24-55(46)63(57)52-21-9-3-15-42(52)43-16-4-10-22-53(43)63/h1-34,64H,35H2. The Kier molecular flexibility index (Phi) is 6.05. The fourth-order valence-electron chi connectivity index (χ4n) is 13.8. The Hall–Kier alpha value is -8.00. The van der Waals surface area contributed by atoms with Gasteiger partial charge in [-0.2, -0.15) is 0 Å². The minimum atomic E-state index is -0.356. The Morgan fingerprint density at radius 2 is 0.766 bits per heavy atom. The second-order valence-corrected chi connectivity index (χ2v) is 18.6. The maximum Gasteiger partial charge on any atom is 0.0726 e. The van der Waals surface area contributed by atoms with Crippen LogP contribution in [0.15, 0.2) is 206 Å². The van der Waals surface area contributed by atoms with Gasteiger partial charge < -0.3 is 4.98 Å². The van der Waals surface area contributed by atoms with E-state index in [1.807, 2.05) is 0 Å². The van der Waals surface area contributed by atoms with Gasteiger partial charge in [-0.1, -0.05) is 188 Å². The molecule has 5 aliphatic carbocycles. The second-order valence-electron chi connectivity index (χ2n) is 18.6. The third kappa shape index (κ3) is 3.72. The van der Waals surface area contributed by atoms with Crippen LogP contribution < -0.4 is 0 Å². The van der Waals surface area contributed by atoms with E-state index in [0.29, 0.717) is 0 Å². The zero-order chi connectivity index (χ0) is 41.5. The molecule has 0 aliphatic heterocycles. The van der Waals surface area contributed by atoms with Gasteiger partial charge in [-0.25, -0.2) is 0 Å². The summed E-state index contributed by atoms with van der Waals surface area (Å²) in [7, 11) is 0. The molecule has 1 N–H and O–H groups in total. The molecule has 1 aromatic heterocycles. The maximum absolute atomic E-state index is 3.97. The average Bonchev–Trinajstić information content (AvgIpc) is 4.18. The van der Waals surface area contributed by atoms with E-state index in [4.69, 9.17) is 0 Å². The van der Waals surface area contributed by atoms with E-state index in [1.165, 1.54) is 144 Å². The van der Waals surface area contributed by atoms with Crippen molar-refractivity contribution in [3.8, 4) is 66.8 Å². The fourth-order valence-corrected chi connectivity index (χ4v) is 13.8. The number of benzene rings is 10. The van der Waals surface area contributed by atoms with Crippen molar-refractivity contribution in [1.82, 2.24) is 4.98 Å². The molecule has 2 spiro atoms. The first-order valence-electron chi connectivity index (χ1n) is 22.7. The Bertz CT molecular complexity index is 3860. The summed E-state index contributed by atoms with van der Waals surface area (Å²) in [6.07, 6.45) is 0.937. The first-order chi connectivity index (χ1) is 31.7. The molecular weight excluding hydrogens is 771 g/mol. The number of aromatic amines is 1. The van der Waals surface area contributed by atoms with Gasteiger partial charge in [-0.05, 0) is 141 Å². The van der Waals surface area contributed by atoms with Crippen molar-refractivity contribution in [3.63, 3.8) is 0 Å². The molecule has 1 nitrogen and oxygen atoms in total. The Labute approximate surface area is 371 Å². The van der Waals surface area contributed by atoms with E-state index in [-0.39, 0.29) is 10.8 Å². The molecule has 0 radical (unpaired) electrons. The molecule has 0 saturated carbocycles. The predicted octanol–water partition coefficient (Wildman–Crippen LogP) is 15.2. The van der Waals surface area contributed by atoms with Gasteiger partial charge in [0.2, 0.25) is 0 Å². The lowest BCUT2D eigenvalue weighted by Crippen LogP contribution is -2.25. The molecule has 0 saturated heterocycles. The summed E-state index contributed by atoms with van der Waals surface area (Å²) in [6, 6.07) is 78.7. The highest BCUT2D eigenvalue weighted by Gasteiger charge is 2.54. The smallest absolute Gasteiger partial charge is 0.0726 e. The van der Waals surface area contributed by atoms with Crippen LogP contribution in [-0.2, 0) is 17.3 Å². The molecule has 5 aliphatic rings. The highest BCUT2D eigenvalue weighted by atomic mass is 14.7. The molecule has 10 aromatic carbocycles. The second kappa shape index (κ2) is 11.5. The van der Waals surface area contributed by atoms with Crippen LogP contribution in [0.4, 0.5) is 0 Å². The highest BCUT2D eigenvalue weighted by molar-refractivity contribution is 6.16. The molecule has 16 rings (SSSR count). The largest absolute Gasteiger partial charge is 0.354 e.